The highest BCUT2D eigenvalue weighted by molar-refractivity contribution is 14.0. The second-order valence-electron chi connectivity index (χ2n) is 5.09. The first-order valence-corrected chi connectivity index (χ1v) is 8.57. The summed E-state index contributed by atoms with van der Waals surface area (Å²) in [5.41, 5.74) is 3.12. The smallest absolute Gasteiger partial charge is 0.191 e. The van der Waals surface area contributed by atoms with E-state index in [-0.39, 0.29) is 24.0 Å². The van der Waals surface area contributed by atoms with Crippen LogP contribution in [0.4, 0.5) is 0 Å². The van der Waals surface area contributed by atoms with Gasteiger partial charge in [0.05, 0.1) is 24.5 Å². The molecule has 0 bridgehead atoms. The van der Waals surface area contributed by atoms with Crippen molar-refractivity contribution in [3.8, 4) is 11.3 Å². The summed E-state index contributed by atoms with van der Waals surface area (Å²) >= 11 is 1.64. The lowest BCUT2D eigenvalue weighted by molar-refractivity contribution is 0.791. The van der Waals surface area contributed by atoms with Crippen molar-refractivity contribution in [3.05, 3.63) is 70.8 Å². The van der Waals surface area contributed by atoms with Gasteiger partial charge in [0, 0.05) is 24.2 Å². The van der Waals surface area contributed by atoms with Gasteiger partial charge in [-0.15, -0.1) is 35.3 Å². The molecule has 2 N–H and O–H groups in total. The summed E-state index contributed by atoms with van der Waals surface area (Å²) in [7, 11) is 1.75. The maximum absolute atomic E-state index is 4.67. The summed E-state index contributed by atoms with van der Waals surface area (Å²) in [5, 5.41) is 9.63. The molecule has 0 atom stereocenters. The zero-order valence-corrected chi connectivity index (χ0v) is 17.0. The molecule has 130 valence electrons. The average molecular weight is 465 g/mol. The molecule has 0 unspecified atom stereocenters. The molecule has 3 rings (SSSR count). The van der Waals surface area contributed by atoms with E-state index in [1.165, 1.54) is 0 Å². The number of nitrogens with zero attached hydrogens (tertiary/aromatic N) is 3. The molecule has 0 amide bonds. The van der Waals surface area contributed by atoms with Gasteiger partial charge >= 0.3 is 0 Å². The van der Waals surface area contributed by atoms with E-state index < -0.39 is 0 Å². The Morgan fingerprint density at radius 1 is 1.04 bits per heavy atom. The normalized spacial score (nSPS) is 10.8. The van der Waals surface area contributed by atoms with E-state index >= 15 is 0 Å². The number of halogens is 1. The van der Waals surface area contributed by atoms with Crippen LogP contribution in [0.1, 0.15) is 10.7 Å². The van der Waals surface area contributed by atoms with Gasteiger partial charge in [-0.05, 0) is 12.1 Å². The standard InChI is InChI=1S/C18H19N5S.HI/c1-19-18(21-11-15-9-5-6-10-20-15)22-12-17-23-16(13-24-17)14-7-3-2-4-8-14;/h2-10,13H,11-12H2,1H3,(H2,19,21,22);1H. The van der Waals surface area contributed by atoms with E-state index in [9.17, 15) is 0 Å². The predicted molar refractivity (Wildman–Crippen MR) is 114 cm³/mol. The maximum Gasteiger partial charge on any atom is 0.191 e. The van der Waals surface area contributed by atoms with E-state index in [0.29, 0.717) is 13.1 Å². The largest absolute Gasteiger partial charge is 0.351 e. The van der Waals surface area contributed by atoms with Crippen molar-refractivity contribution in [2.75, 3.05) is 7.05 Å². The molecule has 0 aliphatic rings. The van der Waals surface area contributed by atoms with Crippen molar-refractivity contribution >= 4 is 41.3 Å². The van der Waals surface area contributed by atoms with Gasteiger partial charge in [0.1, 0.15) is 5.01 Å². The molecule has 5 nitrogen and oxygen atoms in total. The summed E-state index contributed by atoms with van der Waals surface area (Å²) in [4.78, 5) is 13.2. The van der Waals surface area contributed by atoms with E-state index in [0.717, 1.165) is 27.9 Å². The predicted octanol–water partition coefficient (Wildman–Crippen LogP) is 3.69. The molecule has 3 aromatic rings. The van der Waals surface area contributed by atoms with Crippen LogP contribution in [-0.2, 0) is 13.1 Å². The van der Waals surface area contributed by atoms with Crippen LogP contribution in [0.15, 0.2) is 65.1 Å². The summed E-state index contributed by atoms with van der Waals surface area (Å²) < 4.78 is 0. The van der Waals surface area contributed by atoms with E-state index in [1.807, 2.05) is 36.4 Å². The SMILES string of the molecule is CN=C(NCc1ccccn1)NCc1nc(-c2ccccc2)cs1.I. The first kappa shape index (κ1) is 19.3. The van der Waals surface area contributed by atoms with Crippen LogP contribution in [-0.4, -0.2) is 23.0 Å². The topological polar surface area (TPSA) is 62.2 Å². The summed E-state index contributed by atoms with van der Waals surface area (Å²) in [5.74, 6) is 0.733. The Bertz CT molecular complexity index is 789. The van der Waals surface area contributed by atoms with Crippen molar-refractivity contribution in [1.82, 2.24) is 20.6 Å². The highest BCUT2D eigenvalue weighted by Crippen LogP contribution is 2.21. The number of thiazole rings is 1. The number of aliphatic imine (C=N–C) groups is 1. The van der Waals surface area contributed by atoms with Crippen molar-refractivity contribution in [1.29, 1.82) is 0 Å². The molecular formula is C18H20IN5S. The quantitative estimate of drug-likeness (QED) is 0.343. The number of aromatic nitrogens is 2. The number of hydrogen-bond donors (Lipinski definition) is 2. The molecule has 1 aromatic carbocycles. The molecule has 0 saturated carbocycles. The molecule has 2 aromatic heterocycles. The molecule has 0 radical (unpaired) electrons. The van der Waals surface area contributed by atoms with Gasteiger partial charge in [-0.3, -0.25) is 9.98 Å². The molecule has 25 heavy (non-hydrogen) atoms. The minimum Gasteiger partial charge on any atom is -0.351 e. The average Bonchev–Trinajstić information content (AvgIpc) is 3.12. The summed E-state index contributed by atoms with van der Waals surface area (Å²) in [6, 6.07) is 16.1. The van der Waals surface area contributed by atoms with Gasteiger partial charge in [0.2, 0.25) is 0 Å². The van der Waals surface area contributed by atoms with Crippen LogP contribution >= 0.6 is 35.3 Å². The Kier molecular flexibility index (Phi) is 7.80. The zero-order valence-electron chi connectivity index (χ0n) is 13.8. The molecule has 2 heterocycles. The van der Waals surface area contributed by atoms with Crippen LogP contribution in [0.2, 0.25) is 0 Å². The molecule has 0 aliphatic heterocycles. The Morgan fingerprint density at radius 3 is 2.52 bits per heavy atom. The van der Waals surface area contributed by atoms with E-state index in [2.05, 4.69) is 43.1 Å². The molecule has 0 saturated heterocycles. The lowest BCUT2D eigenvalue weighted by atomic mass is 10.2. The van der Waals surface area contributed by atoms with Crippen molar-refractivity contribution in [2.24, 2.45) is 4.99 Å². The Labute approximate surface area is 168 Å². The lowest BCUT2D eigenvalue weighted by Crippen LogP contribution is -2.36. The third-order valence-corrected chi connectivity index (χ3v) is 4.26. The number of rotatable bonds is 5. The van der Waals surface area contributed by atoms with Gasteiger partial charge < -0.3 is 10.6 Å². The summed E-state index contributed by atoms with van der Waals surface area (Å²) in [6.07, 6.45) is 1.79. The van der Waals surface area contributed by atoms with Crippen LogP contribution in [0.3, 0.4) is 0 Å². The third kappa shape index (κ3) is 5.79. The van der Waals surface area contributed by atoms with Crippen molar-refractivity contribution < 1.29 is 0 Å². The van der Waals surface area contributed by atoms with Gasteiger partial charge in [0.25, 0.3) is 0 Å². The molecule has 0 spiro atoms. The summed E-state index contributed by atoms with van der Waals surface area (Å²) in [6.45, 7) is 1.27. The van der Waals surface area contributed by atoms with Crippen molar-refractivity contribution in [2.45, 2.75) is 13.1 Å². The fourth-order valence-corrected chi connectivity index (χ4v) is 2.93. The fourth-order valence-electron chi connectivity index (χ4n) is 2.19. The van der Waals surface area contributed by atoms with Gasteiger partial charge in [-0.25, -0.2) is 4.98 Å². The maximum atomic E-state index is 4.67. The molecule has 7 heteroatoms. The highest BCUT2D eigenvalue weighted by Gasteiger charge is 2.05. The number of pyridine rings is 1. The fraction of sp³-hybridized carbons (Fsp3) is 0.167. The van der Waals surface area contributed by atoms with Crippen LogP contribution < -0.4 is 10.6 Å². The van der Waals surface area contributed by atoms with E-state index in [4.69, 9.17) is 0 Å². The second kappa shape index (κ2) is 10.1. The second-order valence-corrected chi connectivity index (χ2v) is 6.04. The van der Waals surface area contributed by atoms with Crippen LogP contribution in [0.5, 0.6) is 0 Å². The monoisotopic (exact) mass is 465 g/mol. The number of nitrogens with one attached hydrogen (secondary N) is 2. The minimum absolute atomic E-state index is 0. The number of benzene rings is 1. The van der Waals surface area contributed by atoms with Crippen LogP contribution in [0, 0.1) is 0 Å². The van der Waals surface area contributed by atoms with E-state index in [1.54, 1.807) is 24.6 Å². The minimum atomic E-state index is 0. The van der Waals surface area contributed by atoms with Crippen molar-refractivity contribution in [3.63, 3.8) is 0 Å². The number of hydrogen-bond acceptors (Lipinski definition) is 4. The number of guanidine groups is 1. The molecule has 0 fully saturated rings. The van der Waals surface area contributed by atoms with Gasteiger partial charge in [-0.2, -0.15) is 0 Å². The Morgan fingerprint density at radius 2 is 1.80 bits per heavy atom. The van der Waals surface area contributed by atoms with Gasteiger partial charge in [0.15, 0.2) is 5.96 Å². The Balaban J connectivity index is 0.00000225. The third-order valence-electron chi connectivity index (χ3n) is 3.42. The first-order valence-electron chi connectivity index (χ1n) is 7.69. The lowest BCUT2D eigenvalue weighted by Gasteiger charge is -2.10. The Hall–Kier alpha value is -2.00. The van der Waals surface area contributed by atoms with Gasteiger partial charge in [-0.1, -0.05) is 36.4 Å². The molecule has 0 aliphatic carbocycles. The zero-order chi connectivity index (χ0) is 16.6. The highest BCUT2D eigenvalue weighted by atomic mass is 127. The molecular weight excluding hydrogens is 445 g/mol. The van der Waals surface area contributed by atoms with Crippen LogP contribution in [0.25, 0.3) is 11.3 Å². The first-order chi connectivity index (χ1) is 11.8.